The average Bonchev–Trinajstić information content (AvgIpc) is 3.41. The number of halogens is 1. The third-order valence-electron chi connectivity index (χ3n) is 4.96. The van der Waals surface area contributed by atoms with E-state index in [1.54, 1.807) is 47.6 Å². The van der Waals surface area contributed by atoms with Gasteiger partial charge >= 0.3 is 0 Å². The number of hydrogen-bond acceptors (Lipinski definition) is 6. The zero-order chi connectivity index (χ0) is 19.8. The van der Waals surface area contributed by atoms with Crippen LogP contribution in [0.1, 0.15) is 23.2 Å². The first-order valence-corrected chi connectivity index (χ1v) is 10.2. The molecule has 29 heavy (non-hydrogen) atoms. The van der Waals surface area contributed by atoms with Gasteiger partial charge in [-0.25, -0.2) is 9.37 Å². The van der Waals surface area contributed by atoms with E-state index in [4.69, 9.17) is 4.74 Å². The number of ether oxygens (including phenoxy) is 1. The van der Waals surface area contributed by atoms with Crippen molar-refractivity contribution in [3.63, 3.8) is 0 Å². The van der Waals surface area contributed by atoms with E-state index in [-0.39, 0.29) is 17.5 Å². The molecular formula is C21H17FN4O2S. The van der Waals surface area contributed by atoms with E-state index in [2.05, 4.69) is 15.0 Å². The van der Waals surface area contributed by atoms with Crippen LogP contribution in [0.2, 0.25) is 0 Å². The van der Waals surface area contributed by atoms with Gasteiger partial charge in [-0.1, -0.05) is 17.4 Å². The first-order chi connectivity index (χ1) is 14.2. The second kappa shape index (κ2) is 7.46. The van der Waals surface area contributed by atoms with Gasteiger partial charge in [0.05, 0.1) is 28.4 Å². The number of hydrogen-bond donors (Lipinski definition) is 0. The van der Waals surface area contributed by atoms with Crippen molar-refractivity contribution < 1.29 is 13.9 Å². The van der Waals surface area contributed by atoms with Gasteiger partial charge in [-0.15, -0.1) is 0 Å². The molecule has 5 rings (SSSR count). The van der Waals surface area contributed by atoms with Crippen molar-refractivity contribution >= 4 is 43.6 Å². The number of rotatable bonds is 4. The molecule has 1 aliphatic heterocycles. The largest absolute Gasteiger partial charge is 0.376 e. The monoisotopic (exact) mass is 408 g/mol. The first kappa shape index (κ1) is 18.1. The highest BCUT2D eigenvalue weighted by Crippen LogP contribution is 2.32. The molecule has 146 valence electrons. The molecule has 4 aromatic rings. The van der Waals surface area contributed by atoms with Crippen molar-refractivity contribution in [2.45, 2.75) is 18.9 Å². The summed E-state index contributed by atoms with van der Waals surface area (Å²) in [6.45, 7) is 1.06. The fourth-order valence-corrected chi connectivity index (χ4v) is 4.50. The minimum absolute atomic E-state index is 0.0592. The van der Waals surface area contributed by atoms with E-state index >= 15 is 0 Å². The molecule has 1 aliphatic rings. The van der Waals surface area contributed by atoms with E-state index in [0.717, 1.165) is 18.4 Å². The zero-order valence-corrected chi connectivity index (χ0v) is 16.2. The second-order valence-corrected chi connectivity index (χ2v) is 7.90. The predicted molar refractivity (Wildman–Crippen MR) is 110 cm³/mol. The van der Waals surface area contributed by atoms with Crippen LogP contribution in [0.25, 0.3) is 21.3 Å². The smallest absolute Gasteiger partial charge is 0.260 e. The summed E-state index contributed by atoms with van der Waals surface area (Å²) in [5.41, 5.74) is 2.13. The number of aromatic nitrogens is 3. The van der Waals surface area contributed by atoms with Crippen molar-refractivity contribution in [1.82, 2.24) is 15.0 Å². The summed E-state index contributed by atoms with van der Waals surface area (Å²) < 4.78 is 20.6. The lowest BCUT2D eigenvalue weighted by atomic mass is 10.1. The summed E-state index contributed by atoms with van der Waals surface area (Å²) in [7, 11) is 0. The quantitative estimate of drug-likeness (QED) is 0.506. The van der Waals surface area contributed by atoms with Crippen LogP contribution < -0.4 is 4.90 Å². The van der Waals surface area contributed by atoms with Gasteiger partial charge in [0.15, 0.2) is 5.13 Å². The molecule has 1 fully saturated rings. The van der Waals surface area contributed by atoms with Crippen molar-refractivity contribution in [1.29, 1.82) is 0 Å². The van der Waals surface area contributed by atoms with Crippen LogP contribution in [0.3, 0.4) is 0 Å². The molecule has 2 aromatic heterocycles. The Bertz CT molecular complexity index is 1210. The topological polar surface area (TPSA) is 68.2 Å². The van der Waals surface area contributed by atoms with E-state index in [9.17, 15) is 9.18 Å². The van der Waals surface area contributed by atoms with E-state index in [1.165, 1.54) is 17.4 Å². The summed E-state index contributed by atoms with van der Waals surface area (Å²) in [6, 6.07) is 10.1. The third kappa shape index (κ3) is 3.45. The Labute approximate surface area is 170 Å². The molecule has 1 atom stereocenters. The Morgan fingerprint density at radius 2 is 2.07 bits per heavy atom. The molecule has 3 heterocycles. The number of amides is 1. The number of nitrogens with zero attached hydrogens (tertiary/aromatic N) is 4. The van der Waals surface area contributed by atoms with Crippen molar-refractivity contribution in [2.75, 3.05) is 18.1 Å². The lowest BCUT2D eigenvalue weighted by molar-refractivity contribution is 0.0917. The van der Waals surface area contributed by atoms with Crippen LogP contribution in [-0.2, 0) is 4.74 Å². The fraction of sp³-hybridized carbons (Fsp3) is 0.238. The normalized spacial score (nSPS) is 16.5. The summed E-state index contributed by atoms with van der Waals surface area (Å²) in [4.78, 5) is 28.0. The summed E-state index contributed by atoms with van der Waals surface area (Å²) in [6.07, 6.45) is 5.00. The Hall–Kier alpha value is -2.97. The Morgan fingerprint density at radius 1 is 1.21 bits per heavy atom. The van der Waals surface area contributed by atoms with Gasteiger partial charge in [0.25, 0.3) is 5.91 Å². The molecule has 2 aromatic carbocycles. The fourth-order valence-electron chi connectivity index (χ4n) is 3.51. The minimum Gasteiger partial charge on any atom is -0.376 e. The van der Waals surface area contributed by atoms with Crippen molar-refractivity contribution in [2.24, 2.45) is 0 Å². The van der Waals surface area contributed by atoms with Gasteiger partial charge in [0, 0.05) is 24.6 Å². The van der Waals surface area contributed by atoms with Crippen LogP contribution in [0.15, 0.2) is 48.8 Å². The third-order valence-corrected chi connectivity index (χ3v) is 6.00. The molecule has 1 saturated heterocycles. The molecule has 0 bridgehead atoms. The number of carbonyl (C=O) groups is 1. The lowest BCUT2D eigenvalue weighted by Gasteiger charge is -2.23. The highest BCUT2D eigenvalue weighted by molar-refractivity contribution is 7.22. The molecule has 0 spiro atoms. The maximum Gasteiger partial charge on any atom is 0.260 e. The molecule has 0 N–H and O–H groups in total. The summed E-state index contributed by atoms with van der Waals surface area (Å²) in [5.74, 6) is -0.608. The Balaban J connectivity index is 1.56. The second-order valence-electron chi connectivity index (χ2n) is 6.89. The van der Waals surface area contributed by atoms with Crippen LogP contribution in [0, 0.1) is 5.82 Å². The number of thiazole rings is 1. The molecule has 6 nitrogen and oxygen atoms in total. The Kier molecular flexibility index (Phi) is 4.65. The number of para-hydroxylation sites is 1. The average molecular weight is 408 g/mol. The van der Waals surface area contributed by atoms with Crippen molar-refractivity contribution in [3.05, 3.63) is 60.2 Å². The standard InChI is InChI=1S/C21H17FN4O2S/c22-15-4-1-5-18-19(15)25-21(29-18)26(12-14-3-2-10-28-14)20(27)13-6-7-16-17(11-13)24-9-8-23-16/h1,4-9,11,14H,2-3,10,12H2. The van der Waals surface area contributed by atoms with E-state index in [0.29, 0.717) is 34.1 Å². The highest BCUT2D eigenvalue weighted by atomic mass is 32.1. The van der Waals surface area contributed by atoms with Crippen LogP contribution >= 0.6 is 11.3 Å². The minimum atomic E-state index is -0.393. The molecule has 0 radical (unpaired) electrons. The zero-order valence-electron chi connectivity index (χ0n) is 15.4. The van der Waals surface area contributed by atoms with Crippen LogP contribution in [0.4, 0.5) is 9.52 Å². The summed E-state index contributed by atoms with van der Waals surface area (Å²) in [5, 5.41) is 0.463. The van der Waals surface area contributed by atoms with Crippen molar-refractivity contribution in [3.8, 4) is 0 Å². The number of benzene rings is 2. The van der Waals surface area contributed by atoms with Gasteiger partial charge in [0.1, 0.15) is 11.3 Å². The molecule has 0 aliphatic carbocycles. The number of carbonyl (C=O) groups excluding carboxylic acids is 1. The molecule has 1 amide bonds. The lowest BCUT2D eigenvalue weighted by Crippen LogP contribution is -2.37. The van der Waals surface area contributed by atoms with Crippen LogP contribution in [-0.4, -0.2) is 40.1 Å². The maximum atomic E-state index is 14.2. The van der Waals surface area contributed by atoms with E-state index < -0.39 is 5.82 Å². The molecule has 8 heteroatoms. The van der Waals surface area contributed by atoms with Gasteiger partial charge in [-0.05, 0) is 43.2 Å². The van der Waals surface area contributed by atoms with Gasteiger partial charge < -0.3 is 4.74 Å². The predicted octanol–water partition coefficient (Wildman–Crippen LogP) is 4.20. The Morgan fingerprint density at radius 3 is 2.86 bits per heavy atom. The molecule has 1 unspecified atom stereocenters. The highest BCUT2D eigenvalue weighted by Gasteiger charge is 2.27. The van der Waals surface area contributed by atoms with Gasteiger partial charge in [-0.3, -0.25) is 19.7 Å². The number of anilines is 1. The molecule has 0 saturated carbocycles. The van der Waals surface area contributed by atoms with Crippen LogP contribution in [0.5, 0.6) is 0 Å². The summed E-state index contributed by atoms with van der Waals surface area (Å²) >= 11 is 1.30. The van der Waals surface area contributed by atoms with Gasteiger partial charge in [0.2, 0.25) is 0 Å². The SMILES string of the molecule is O=C(c1ccc2nccnc2c1)N(CC1CCCO1)c1nc2c(F)cccc2s1. The van der Waals surface area contributed by atoms with E-state index in [1.807, 2.05) is 0 Å². The van der Waals surface area contributed by atoms with Gasteiger partial charge in [-0.2, -0.15) is 0 Å². The first-order valence-electron chi connectivity index (χ1n) is 9.38. The molecular weight excluding hydrogens is 391 g/mol. The number of fused-ring (bicyclic) bond motifs is 2. The maximum absolute atomic E-state index is 14.2.